The van der Waals surface area contributed by atoms with Crippen LogP contribution in [0, 0.1) is 0 Å². The average Bonchev–Trinajstić information content (AvgIpc) is 3.44. The molecule has 2 aromatic carbocycles. The van der Waals surface area contributed by atoms with Crippen molar-refractivity contribution >= 4 is 22.9 Å². The molecule has 0 atom stereocenters. The van der Waals surface area contributed by atoms with E-state index in [1.54, 1.807) is 0 Å². The molecule has 1 saturated heterocycles. The van der Waals surface area contributed by atoms with Gasteiger partial charge in [0.25, 0.3) is 5.91 Å². The Hall–Kier alpha value is -3.88. The summed E-state index contributed by atoms with van der Waals surface area (Å²) in [5, 5.41) is 6.73. The molecule has 0 unspecified atom stereocenters. The fraction of sp³-hybridized carbons (Fsp3) is 0.310. The Morgan fingerprint density at radius 2 is 1.84 bits per heavy atom. The van der Waals surface area contributed by atoms with E-state index in [0.717, 1.165) is 77.9 Å². The van der Waals surface area contributed by atoms with Crippen LogP contribution in [0.3, 0.4) is 0 Å². The van der Waals surface area contributed by atoms with Crippen LogP contribution in [-0.2, 0) is 6.54 Å². The molecular formula is C29H32N6O2. The number of anilines is 2. The van der Waals surface area contributed by atoms with Crippen molar-refractivity contribution in [3.63, 3.8) is 0 Å². The molecule has 190 valence electrons. The third-order valence-corrected chi connectivity index (χ3v) is 7.29. The van der Waals surface area contributed by atoms with Crippen molar-refractivity contribution in [3.05, 3.63) is 78.1 Å². The number of fused-ring (bicyclic) bond motifs is 2. The number of rotatable bonds is 5. The molecular weight excluding hydrogens is 464 g/mol. The van der Waals surface area contributed by atoms with E-state index in [0.29, 0.717) is 12.8 Å². The number of carbonyl (C=O) groups is 1. The predicted octanol–water partition coefficient (Wildman–Crippen LogP) is 4.35. The number of hydrogen-bond acceptors (Lipinski definition) is 6. The van der Waals surface area contributed by atoms with Gasteiger partial charge >= 0.3 is 0 Å². The van der Waals surface area contributed by atoms with Gasteiger partial charge in [-0.15, -0.1) is 0 Å². The van der Waals surface area contributed by atoms with Gasteiger partial charge in [0, 0.05) is 68.0 Å². The van der Waals surface area contributed by atoms with Crippen LogP contribution in [0.4, 0.5) is 11.4 Å². The summed E-state index contributed by atoms with van der Waals surface area (Å²) in [5.41, 5.74) is 6.69. The van der Waals surface area contributed by atoms with Crippen LogP contribution in [0.25, 0.3) is 16.9 Å². The number of hydrogen-bond donors (Lipinski definition) is 2. The largest absolute Gasteiger partial charge is 0.478 e. The van der Waals surface area contributed by atoms with E-state index < -0.39 is 0 Å². The molecule has 2 aliphatic heterocycles. The van der Waals surface area contributed by atoms with Crippen LogP contribution in [0.15, 0.2) is 67.0 Å². The standard InChI is InChI=1S/C29H32N6O2/c1-20(2)33-13-15-34(16-14-33)29(36)21-3-6-24(7-4-21)32-25-8-9-26(35-12-11-31-28(25)35)22-5-10-27-23(17-22)18-30-19-37-27/h3-12,17,20,30,32H,13-16,18-19H2,1-2H3. The molecule has 0 saturated carbocycles. The number of benzene rings is 2. The lowest BCUT2D eigenvalue weighted by Gasteiger charge is -2.37. The zero-order chi connectivity index (χ0) is 25.4. The minimum atomic E-state index is 0.0978. The molecule has 4 heterocycles. The van der Waals surface area contributed by atoms with Gasteiger partial charge in [-0.05, 0) is 74.0 Å². The molecule has 8 nitrogen and oxygen atoms in total. The zero-order valence-corrected chi connectivity index (χ0v) is 21.3. The van der Waals surface area contributed by atoms with Crippen molar-refractivity contribution in [2.75, 3.05) is 38.2 Å². The minimum Gasteiger partial charge on any atom is -0.478 e. The highest BCUT2D eigenvalue weighted by molar-refractivity contribution is 5.94. The maximum atomic E-state index is 13.0. The number of carbonyl (C=O) groups excluding carboxylic acids is 1. The third kappa shape index (κ3) is 4.65. The van der Waals surface area contributed by atoms with Crippen molar-refractivity contribution in [1.82, 2.24) is 24.5 Å². The molecule has 1 amide bonds. The predicted molar refractivity (Wildman–Crippen MR) is 145 cm³/mol. The fourth-order valence-corrected chi connectivity index (χ4v) is 5.15. The topological polar surface area (TPSA) is 74.1 Å². The molecule has 2 N–H and O–H groups in total. The van der Waals surface area contributed by atoms with Crippen LogP contribution < -0.4 is 15.4 Å². The Labute approximate surface area is 216 Å². The summed E-state index contributed by atoms with van der Waals surface area (Å²) in [6.07, 6.45) is 3.79. The van der Waals surface area contributed by atoms with E-state index in [9.17, 15) is 4.79 Å². The van der Waals surface area contributed by atoms with E-state index >= 15 is 0 Å². The summed E-state index contributed by atoms with van der Waals surface area (Å²) in [6.45, 7) is 9.14. The van der Waals surface area contributed by atoms with E-state index in [4.69, 9.17) is 4.74 Å². The Bertz CT molecular complexity index is 1420. The van der Waals surface area contributed by atoms with Gasteiger partial charge in [0.2, 0.25) is 0 Å². The summed E-state index contributed by atoms with van der Waals surface area (Å²) in [4.78, 5) is 22.0. The Balaban J connectivity index is 1.19. The molecule has 37 heavy (non-hydrogen) atoms. The number of piperazine rings is 1. The van der Waals surface area contributed by atoms with Crippen molar-refractivity contribution in [3.8, 4) is 17.0 Å². The summed E-state index contributed by atoms with van der Waals surface area (Å²) in [5.74, 6) is 1.03. The quantitative estimate of drug-likeness (QED) is 0.428. The van der Waals surface area contributed by atoms with Gasteiger partial charge in [0.05, 0.1) is 11.4 Å². The lowest BCUT2D eigenvalue weighted by atomic mass is 10.1. The molecule has 8 heteroatoms. The maximum Gasteiger partial charge on any atom is 0.253 e. The summed E-state index contributed by atoms with van der Waals surface area (Å²) in [7, 11) is 0. The van der Waals surface area contributed by atoms with E-state index in [1.165, 1.54) is 0 Å². The van der Waals surface area contributed by atoms with Crippen molar-refractivity contribution in [1.29, 1.82) is 0 Å². The third-order valence-electron chi connectivity index (χ3n) is 7.29. The number of ether oxygens (including phenoxy) is 1. The maximum absolute atomic E-state index is 13.0. The van der Waals surface area contributed by atoms with Crippen LogP contribution in [0.5, 0.6) is 5.75 Å². The monoisotopic (exact) mass is 496 g/mol. The minimum absolute atomic E-state index is 0.0978. The van der Waals surface area contributed by atoms with Gasteiger partial charge in [-0.25, -0.2) is 4.98 Å². The highest BCUT2D eigenvalue weighted by atomic mass is 16.5. The van der Waals surface area contributed by atoms with Crippen LogP contribution in [-0.4, -0.2) is 64.0 Å². The normalized spacial score (nSPS) is 16.0. The lowest BCUT2D eigenvalue weighted by molar-refractivity contribution is 0.0595. The molecule has 1 fully saturated rings. The first-order chi connectivity index (χ1) is 18.1. The van der Waals surface area contributed by atoms with Crippen LogP contribution >= 0.6 is 0 Å². The van der Waals surface area contributed by atoms with Crippen molar-refractivity contribution in [2.24, 2.45) is 0 Å². The summed E-state index contributed by atoms with van der Waals surface area (Å²) in [6, 6.07) is 18.7. The molecule has 0 bridgehead atoms. The number of aromatic nitrogens is 2. The lowest BCUT2D eigenvalue weighted by Crippen LogP contribution is -2.50. The highest BCUT2D eigenvalue weighted by Gasteiger charge is 2.23. The second kappa shape index (κ2) is 9.88. The fourth-order valence-electron chi connectivity index (χ4n) is 5.15. The van der Waals surface area contributed by atoms with E-state index in [1.807, 2.05) is 47.6 Å². The SMILES string of the molecule is CC(C)N1CCN(C(=O)c2ccc(Nc3ccc(-c4ccc5c(c4)CNCO5)n4ccnc34)cc2)CC1. The van der Waals surface area contributed by atoms with Gasteiger partial charge in [0.1, 0.15) is 12.5 Å². The summed E-state index contributed by atoms with van der Waals surface area (Å²) >= 11 is 0. The molecule has 2 aromatic heterocycles. The molecule has 0 aliphatic carbocycles. The first-order valence-corrected chi connectivity index (χ1v) is 12.9. The molecule has 0 radical (unpaired) electrons. The van der Waals surface area contributed by atoms with Gasteiger partial charge in [-0.1, -0.05) is 0 Å². The first kappa shape index (κ1) is 23.5. The molecule has 4 aromatic rings. The van der Waals surface area contributed by atoms with Gasteiger partial charge < -0.3 is 15.0 Å². The average molecular weight is 497 g/mol. The molecule has 2 aliphatic rings. The van der Waals surface area contributed by atoms with Gasteiger partial charge in [-0.2, -0.15) is 0 Å². The Morgan fingerprint density at radius 1 is 1.03 bits per heavy atom. The first-order valence-electron chi connectivity index (χ1n) is 12.9. The number of pyridine rings is 1. The van der Waals surface area contributed by atoms with Crippen LogP contribution in [0.1, 0.15) is 29.8 Å². The molecule has 0 spiro atoms. The number of amides is 1. The smallest absolute Gasteiger partial charge is 0.253 e. The van der Waals surface area contributed by atoms with Gasteiger partial charge in [0.15, 0.2) is 5.65 Å². The zero-order valence-electron chi connectivity index (χ0n) is 21.3. The second-order valence-electron chi connectivity index (χ2n) is 9.92. The van der Waals surface area contributed by atoms with Crippen molar-refractivity contribution in [2.45, 2.75) is 26.4 Å². The number of nitrogens with zero attached hydrogens (tertiary/aromatic N) is 4. The summed E-state index contributed by atoms with van der Waals surface area (Å²) < 4.78 is 7.77. The van der Waals surface area contributed by atoms with Crippen molar-refractivity contribution < 1.29 is 9.53 Å². The van der Waals surface area contributed by atoms with Crippen LogP contribution in [0.2, 0.25) is 0 Å². The Morgan fingerprint density at radius 3 is 2.62 bits per heavy atom. The number of imidazole rings is 1. The molecule has 6 rings (SSSR count). The van der Waals surface area contributed by atoms with E-state index in [2.05, 4.69) is 63.0 Å². The Kier molecular flexibility index (Phi) is 6.28. The highest BCUT2D eigenvalue weighted by Crippen LogP contribution is 2.31. The number of nitrogens with one attached hydrogen (secondary N) is 2. The van der Waals surface area contributed by atoms with Gasteiger partial charge in [-0.3, -0.25) is 19.4 Å². The second-order valence-corrected chi connectivity index (χ2v) is 9.92. The van der Waals surface area contributed by atoms with E-state index in [-0.39, 0.29) is 5.91 Å².